The van der Waals surface area contributed by atoms with Crippen molar-refractivity contribution in [2.24, 2.45) is 5.92 Å². The number of anilines is 1. The van der Waals surface area contributed by atoms with E-state index in [1.165, 1.54) is 34.4 Å². The zero-order valence-corrected chi connectivity index (χ0v) is 18.1. The Balaban J connectivity index is 1.39. The Bertz CT molecular complexity index is 1100. The van der Waals surface area contributed by atoms with Gasteiger partial charge in [-0.2, -0.15) is 0 Å². The van der Waals surface area contributed by atoms with Gasteiger partial charge in [0.2, 0.25) is 0 Å². The van der Waals surface area contributed by atoms with Crippen molar-refractivity contribution in [3.8, 4) is 0 Å². The topological polar surface area (TPSA) is 49.3 Å². The second-order valence-corrected chi connectivity index (χ2v) is 9.50. The molecule has 0 spiro atoms. The molecule has 1 amide bonds. The number of piperazine rings is 1. The van der Waals surface area contributed by atoms with Gasteiger partial charge in [0, 0.05) is 36.6 Å². The maximum absolute atomic E-state index is 13.2. The number of hydrogen-bond donors (Lipinski definition) is 0. The van der Waals surface area contributed by atoms with Crippen LogP contribution in [0.2, 0.25) is 0 Å². The maximum atomic E-state index is 13.2. The van der Waals surface area contributed by atoms with Crippen LogP contribution in [0.25, 0.3) is 10.2 Å². The molecule has 5 nitrogen and oxygen atoms in total. The number of halogens is 1. The Hall–Kier alpha value is -2.54. The Kier molecular flexibility index (Phi) is 4.93. The molecule has 1 aliphatic heterocycles. The van der Waals surface area contributed by atoms with E-state index in [1.54, 1.807) is 12.1 Å². The van der Waals surface area contributed by atoms with Crippen LogP contribution < -0.4 is 4.90 Å². The van der Waals surface area contributed by atoms with E-state index in [9.17, 15) is 9.18 Å². The largest absolute Gasteiger partial charge is 0.352 e. The molecule has 0 bridgehead atoms. The minimum Gasteiger partial charge on any atom is -0.352 e. The van der Waals surface area contributed by atoms with Crippen LogP contribution in [0.15, 0.2) is 24.3 Å². The highest BCUT2D eigenvalue weighted by atomic mass is 32.1. The fourth-order valence-electron chi connectivity index (χ4n) is 4.55. The van der Waals surface area contributed by atoms with Gasteiger partial charge >= 0.3 is 0 Å². The molecule has 0 saturated carbocycles. The maximum Gasteiger partial charge on any atom is 0.253 e. The number of fused-ring (bicyclic) bond motifs is 3. The molecule has 0 unspecified atom stereocenters. The predicted molar refractivity (Wildman–Crippen MR) is 118 cm³/mol. The number of nitrogens with zero attached hydrogens (tertiary/aromatic N) is 4. The molecule has 156 valence electrons. The van der Waals surface area contributed by atoms with Crippen LogP contribution in [0.1, 0.15) is 40.0 Å². The van der Waals surface area contributed by atoms with Crippen molar-refractivity contribution in [1.29, 1.82) is 0 Å². The van der Waals surface area contributed by atoms with Crippen molar-refractivity contribution in [2.75, 3.05) is 31.1 Å². The van der Waals surface area contributed by atoms with E-state index < -0.39 is 0 Å². The summed E-state index contributed by atoms with van der Waals surface area (Å²) in [4.78, 5) is 29.1. The third kappa shape index (κ3) is 3.45. The SMILES string of the molecule is Cc1nc(N2CCN(C(=O)c3ccc(F)cc3)CC2)c2c3c(sc2n1)C[C@@H](C)CC3. The molecule has 5 rings (SSSR count). The molecule has 1 fully saturated rings. The van der Waals surface area contributed by atoms with E-state index in [4.69, 9.17) is 9.97 Å². The molecule has 1 aromatic carbocycles. The van der Waals surface area contributed by atoms with Gasteiger partial charge in [0.05, 0.1) is 5.39 Å². The summed E-state index contributed by atoms with van der Waals surface area (Å²) in [5, 5.41) is 1.23. The number of rotatable bonds is 2. The molecule has 1 saturated heterocycles. The van der Waals surface area contributed by atoms with E-state index in [1.807, 2.05) is 23.2 Å². The molecule has 1 aliphatic carbocycles. The van der Waals surface area contributed by atoms with Crippen molar-refractivity contribution >= 4 is 33.3 Å². The number of carbonyl (C=O) groups is 1. The Labute approximate surface area is 179 Å². The third-order valence-electron chi connectivity index (χ3n) is 6.21. The Morgan fingerprint density at radius 2 is 1.87 bits per heavy atom. The molecule has 1 atom stereocenters. The molecule has 2 aliphatic rings. The standard InChI is InChI=1S/C23H25FN4OS/c1-14-3-8-18-19(13-14)30-22-20(18)21(25-15(2)26-22)27-9-11-28(12-10-27)23(29)16-4-6-17(24)7-5-16/h4-7,14H,3,8-13H2,1-2H3/t14-/m0/s1. The van der Waals surface area contributed by atoms with Gasteiger partial charge < -0.3 is 9.80 Å². The molecule has 30 heavy (non-hydrogen) atoms. The summed E-state index contributed by atoms with van der Waals surface area (Å²) in [5.74, 6) is 2.19. The van der Waals surface area contributed by atoms with Crippen LogP contribution in [0, 0.1) is 18.7 Å². The van der Waals surface area contributed by atoms with Gasteiger partial charge in [-0.05, 0) is 61.9 Å². The molecule has 3 heterocycles. The first-order chi connectivity index (χ1) is 14.5. The first-order valence-electron chi connectivity index (χ1n) is 10.6. The highest BCUT2D eigenvalue weighted by Crippen LogP contribution is 2.41. The molecular formula is C23H25FN4OS. The van der Waals surface area contributed by atoms with Crippen LogP contribution in [0.4, 0.5) is 10.2 Å². The zero-order chi connectivity index (χ0) is 20.8. The molecule has 7 heteroatoms. The van der Waals surface area contributed by atoms with Gasteiger partial charge in [-0.1, -0.05) is 6.92 Å². The van der Waals surface area contributed by atoms with E-state index in [2.05, 4.69) is 11.8 Å². The Morgan fingerprint density at radius 3 is 2.60 bits per heavy atom. The van der Waals surface area contributed by atoms with Gasteiger partial charge in [-0.25, -0.2) is 14.4 Å². The van der Waals surface area contributed by atoms with Crippen molar-refractivity contribution < 1.29 is 9.18 Å². The number of thiophene rings is 1. The highest BCUT2D eigenvalue weighted by molar-refractivity contribution is 7.19. The smallest absolute Gasteiger partial charge is 0.253 e. The van der Waals surface area contributed by atoms with Gasteiger partial charge in [0.1, 0.15) is 22.3 Å². The lowest BCUT2D eigenvalue weighted by molar-refractivity contribution is 0.0746. The van der Waals surface area contributed by atoms with E-state index in [-0.39, 0.29) is 11.7 Å². The fraction of sp³-hybridized carbons (Fsp3) is 0.435. The van der Waals surface area contributed by atoms with Gasteiger partial charge in [-0.15, -0.1) is 11.3 Å². The van der Waals surface area contributed by atoms with Crippen LogP contribution in [-0.2, 0) is 12.8 Å². The van der Waals surface area contributed by atoms with Crippen molar-refractivity contribution in [1.82, 2.24) is 14.9 Å². The quantitative estimate of drug-likeness (QED) is 0.618. The van der Waals surface area contributed by atoms with Gasteiger partial charge in [0.15, 0.2) is 0 Å². The Morgan fingerprint density at radius 1 is 1.13 bits per heavy atom. The number of benzene rings is 1. The van der Waals surface area contributed by atoms with Crippen LogP contribution in [0.3, 0.4) is 0 Å². The summed E-state index contributed by atoms with van der Waals surface area (Å²) in [6.07, 6.45) is 3.44. The van der Waals surface area contributed by atoms with Crippen molar-refractivity contribution in [2.45, 2.75) is 33.1 Å². The van der Waals surface area contributed by atoms with Gasteiger partial charge in [-0.3, -0.25) is 4.79 Å². The first kappa shape index (κ1) is 19.4. The highest BCUT2D eigenvalue weighted by Gasteiger charge is 2.28. The molecule has 0 N–H and O–H groups in total. The number of amides is 1. The number of carbonyl (C=O) groups excluding carboxylic acids is 1. The minimum absolute atomic E-state index is 0.0411. The number of aryl methyl sites for hydroxylation is 2. The average Bonchev–Trinajstić information content (AvgIpc) is 3.10. The number of hydrogen-bond acceptors (Lipinski definition) is 5. The summed E-state index contributed by atoms with van der Waals surface area (Å²) in [7, 11) is 0. The van der Waals surface area contributed by atoms with E-state index >= 15 is 0 Å². The summed E-state index contributed by atoms with van der Waals surface area (Å²) in [6, 6.07) is 5.79. The van der Waals surface area contributed by atoms with Gasteiger partial charge in [0.25, 0.3) is 5.91 Å². The van der Waals surface area contributed by atoms with E-state index in [0.717, 1.165) is 48.3 Å². The summed E-state index contributed by atoms with van der Waals surface area (Å²) in [6.45, 7) is 7.01. The fourth-order valence-corrected chi connectivity index (χ4v) is 5.97. The van der Waals surface area contributed by atoms with Crippen LogP contribution in [-0.4, -0.2) is 47.0 Å². The molecular weight excluding hydrogens is 399 g/mol. The van der Waals surface area contributed by atoms with Crippen molar-refractivity contribution in [3.05, 3.63) is 51.9 Å². The lowest BCUT2D eigenvalue weighted by Crippen LogP contribution is -2.49. The zero-order valence-electron chi connectivity index (χ0n) is 17.3. The van der Waals surface area contributed by atoms with Crippen LogP contribution >= 0.6 is 11.3 Å². The summed E-state index contributed by atoms with van der Waals surface area (Å²) >= 11 is 1.83. The molecule has 0 radical (unpaired) electrons. The average molecular weight is 425 g/mol. The lowest BCUT2D eigenvalue weighted by atomic mass is 9.89. The van der Waals surface area contributed by atoms with E-state index in [0.29, 0.717) is 18.7 Å². The van der Waals surface area contributed by atoms with Crippen molar-refractivity contribution in [3.63, 3.8) is 0 Å². The second-order valence-electron chi connectivity index (χ2n) is 8.41. The normalized spacial score (nSPS) is 19.2. The summed E-state index contributed by atoms with van der Waals surface area (Å²) in [5.41, 5.74) is 1.97. The minimum atomic E-state index is -0.326. The third-order valence-corrected chi connectivity index (χ3v) is 7.35. The lowest BCUT2D eigenvalue weighted by Gasteiger charge is -2.36. The number of aromatic nitrogens is 2. The summed E-state index contributed by atoms with van der Waals surface area (Å²) < 4.78 is 13.2. The predicted octanol–water partition coefficient (Wildman–Crippen LogP) is 4.23. The van der Waals surface area contributed by atoms with Crippen LogP contribution in [0.5, 0.6) is 0 Å². The monoisotopic (exact) mass is 424 g/mol. The molecule has 3 aromatic rings. The first-order valence-corrected chi connectivity index (χ1v) is 11.4. The second kappa shape index (κ2) is 7.61. The molecule has 2 aromatic heterocycles.